The SMILES string of the molecule is CCC1(C)CC(O)CC(C)=C1/C=C/C(C)=C/C=C/C(C)=C/C=C/C=C(C)/C=C/C=C(C)/C=C/C1C(C)=CC(O)CC1(C)C. The van der Waals surface area contributed by atoms with Crippen LogP contribution in [-0.2, 0) is 0 Å². The van der Waals surface area contributed by atoms with Crippen LogP contribution in [0.4, 0.5) is 0 Å². The lowest BCUT2D eigenvalue weighted by molar-refractivity contribution is 0.107. The van der Waals surface area contributed by atoms with Gasteiger partial charge in [0, 0.05) is 5.92 Å². The lowest BCUT2D eigenvalue weighted by Crippen LogP contribution is -2.32. The van der Waals surface area contributed by atoms with Crippen molar-refractivity contribution >= 4 is 0 Å². The zero-order valence-electron chi connectivity index (χ0n) is 28.6. The van der Waals surface area contributed by atoms with Gasteiger partial charge in [-0.05, 0) is 83.6 Å². The van der Waals surface area contributed by atoms with E-state index in [-0.39, 0.29) is 23.0 Å². The summed E-state index contributed by atoms with van der Waals surface area (Å²) in [5, 5.41) is 20.3. The first-order valence-electron chi connectivity index (χ1n) is 16.0. The minimum absolute atomic E-state index is 0.0469. The van der Waals surface area contributed by atoms with Gasteiger partial charge in [0.2, 0.25) is 0 Å². The van der Waals surface area contributed by atoms with Crippen LogP contribution in [0.15, 0.2) is 130 Å². The maximum atomic E-state index is 10.2. The van der Waals surface area contributed by atoms with Crippen molar-refractivity contribution in [2.75, 3.05) is 0 Å². The van der Waals surface area contributed by atoms with Gasteiger partial charge in [-0.15, -0.1) is 0 Å². The molecule has 2 aliphatic carbocycles. The van der Waals surface area contributed by atoms with Crippen molar-refractivity contribution < 1.29 is 10.2 Å². The van der Waals surface area contributed by atoms with E-state index in [0.29, 0.717) is 5.92 Å². The Bertz CT molecular complexity index is 1290. The van der Waals surface area contributed by atoms with E-state index >= 15 is 0 Å². The second-order valence-electron chi connectivity index (χ2n) is 13.8. The molecule has 0 aromatic rings. The molecule has 234 valence electrons. The highest BCUT2D eigenvalue weighted by Crippen LogP contribution is 2.44. The predicted octanol–water partition coefficient (Wildman–Crippen LogP) is 10.8. The van der Waals surface area contributed by atoms with Crippen LogP contribution in [0.1, 0.15) is 94.9 Å². The number of aliphatic hydroxyl groups is 2. The second-order valence-corrected chi connectivity index (χ2v) is 13.8. The van der Waals surface area contributed by atoms with Crippen LogP contribution in [0.25, 0.3) is 0 Å². The first-order chi connectivity index (χ1) is 20.2. The first kappa shape index (κ1) is 36.3. The van der Waals surface area contributed by atoms with Crippen LogP contribution in [0.5, 0.6) is 0 Å². The molecule has 0 saturated carbocycles. The van der Waals surface area contributed by atoms with Gasteiger partial charge in [-0.3, -0.25) is 0 Å². The quantitative estimate of drug-likeness (QED) is 0.188. The van der Waals surface area contributed by atoms with Gasteiger partial charge in [-0.1, -0.05) is 152 Å². The molecule has 0 aromatic carbocycles. The highest BCUT2D eigenvalue weighted by Gasteiger charge is 2.35. The van der Waals surface area contributed by atoms with Crippen LogP contribution in [0.3, 0.4) is 0 Å². The Labute approximate surface area is 263 Å². The third-order valence-corrected chi connectivity index (χ3v) is 8.97. The van der Waals surface area contributed by atoms with E-state index in [2.05, 4.69) is 154 Å². The number of rotatable bonds is 11. The fourth-order valence-electron chi connectivity index (χ4n) is 6.32. The Morgan fingerprint density at radius 3 is 1.81 bits per heavy atom. The smallest absolute Gasteiger partial charge is 0.0729 e. The molecule has 2 nitrogen and oxygen atoms in total. The van der Waals surface area contributed by atoms with Crippen molar-refractivity contribution in [2.24, 2.45) is 16.7 Å². The summed E-state index contributed by atoms with van der Waals surface area (Å²) in [6.45, 7) is 21.7. The van der Waals surface area contributed by atoms with Crippen LogP contribution in [0.2, 0.25) is 0 Å². The highest BCUT2D eigenvalue weighted by molar-refractivity contribution is 5.38. The Morgan fingerprint density at radius 1 is 0.767 bits per heavy atom. The molecule has 43 heavy (non-hydrogen) atoms. The van der Waals surface area contributed by atoms with Gasteiger partial charge in [0.05, 0.1) is 12.2 Å². The van der Waals surface area contributed by atoms with Gasteiger partial charge in [0.25, 0.3) is 0 Å². The molecule has 4 atom stereocenters. The molecule has 0 radical (unpaired) electrons. The highest BCUT2D eigenvalue weighted by atomic mass is 16.3. The summed E-state index contributed by atoms with van der Waals surface area (Å²) in [6.07, 6.45) is 35.0. The van der Waals surface area contributed by atoms with Gasteiger partial charge in [0.1, 0.15) is 0 Å². The Kier molecular flexibility index (Phi) is 14.2. The third-order valence-electron chi connectivity index (χ3n) is 8.97. The molecule has 2 N–H and O–H groups in total. The molecule has 0 heterocycles. The van der Waals surface area contributed by atoms with Gasteiger partial charge < -0.3 is 10.2 Å². The molecular weight excluding hydrogens is 524 g/mol. The van der Waals surface area contributed by atoms with Crippen molar-refractivity contribution in [2.45, 2.75) is 107 Å². The Morgan fingerprint density at radius 2 is 1.28 bits per heavy atom. The first-order valence-corrected chi connectivity index (χ1v) is 16.0. The second kappa shape index (κ2) is 16.8. The van der Waals surface area contributed by atoms with Crippen molar-refractivity contribution in [3.05, 3.63) is 130 Å². The fourth-order valence-corrected chi connectivity index (χ4v) is 6.32. The van der Waals surface area contributed by atoms with E-state index in [0.717, 1.165) is 25.7 Å². The maximum absolute atomic E-state index is 10.2. The summed E-state index contributed by atoms with van der Waals surface area (Å²) < 4.78 is 0. The molecular formula is C41H58O2. The van der Waals surface area contributed by atoms with Crippen molar-refractivity contribution in [1.29, 1.82) is 0 Å². The summed E-state index contributed by atoms with van der Waals surface area (Å²) in [6, 6.07) is 0. The van der Waals surface area contributed by atoms with E-state index < -0.39 is 0 Å². The molecule has 0 fully saturated rings. The predicted molar refractivity (Wildman–Crippen MR) is 189 cm³/mol. The number of allylic oxidation sites excluding steroid dienone is 20. The molecule has 0 amide bonds. The van der Waals surface area contributed by atoms with E-state index in [1.807, 2.05) is 6.08 Å². The average Bonchev–Trinajstić information content (AvgIpc) is 2.89. The molecule has 4 unspecified atom stereocenters. The van der Waals surface area contributed by atoms with Crippen molar-refractivity contribution in [1.82, 2.24) is 0 Å². The standard InChI is InChI=1S/C41H58O2/c1-11-41(10)29-37(43)27-35(7)39(41)25-23-33(5)21-15-19-31(3)17-13-12-16-30(2)18-14-20-32(4)22-24-38-34(6)26-36(42)28-40(38,8)9/h12-26,36-38,42-43H,11,27-29H2,1-10H3/b13-12+,18-14+,19-15+,24-22+,25-23+,30-16+,31-17+,32-20+,33-21+. The van der Waals surface area contributed by atoms with Gasteiger partial charge in [-0.2, -0.15) is 0 Å². The normalized spacial score (nSPS) is 28.5. The van der Waals surface area contributed by atoms with Crippen LogP contribution in [-0.4, -0.2) is 22.4 Å². The molecule has 0 saturated heterocycles. The molecule has 0 bridgehead atoms. The lowest BCUT2D eigenvalue weighted by atomic mass is 9.67. The zero-order valence-corrected chi connectivity index (χ0v) is 28.6. The van der Waals surface area contributed by atoms with E-state index in [1.165, 1.54) is 39.0 Å². The van der Waals surface area contributed by atoms with Crippen LogP contribution < -0.4 is 0 Å². The zero-order chi connectivity index (χ0) is 32.2. The Hall–Kier alpha value is -2.94. The number of hydrogen-bond donors (Lipinski definition) is 2. The number of hydrogen-bond acceptors (Lipinski definition) is 2. The Balaban J connectivity index is 1.91. The summed E-state index contributed by atoms with van der Waals surface area (Å²) in [5.41, 5.74) is 8.84. The van der Waals surface area contributed by atoms with Gasteiger partial charge in [0.15, 0.2) is 0 Å². The van der Waals surface area contributed by atoms with Crippen LogP contribution in [0, 0.1) is 16.7 Å². The summed E-state index contributed by atoms with van der Waals surface area (Å²) >= 11 is 0. The summed E-state index contributed by atoms with van der Waals surface area (Å²) in [4.78, 5) is 0. The van der Waals surface area contributed by atoms with Crippen molar-refractivity contribution in [3.8, 4) is 0 Å². The third kappa shape index (κ3) is 11.9. The van der Waals surface area contributed by atoms with E-state index in [4.69, 9.17) is 0 Å². The molecule has 2 aliphatic rings. The topological polar surface area (TPSA) is 40.5 Å². The van der Waals surface area contributed by atoms with Gasteiger partial charge in [-0.25, -0.2) is 0 Å². The summed E-state index contributed by atoms with van der Waals surface area (Å²) in [7, 11) is 0. The molecule has 2 rings (SSSR count). The average molecular weight is 583 g/mol. The minimum Gasteiger partial charge on any atom is -0.393 e. The molecule has 0 aromatic heterocycles. The number of aliphatic hydroxyl groups excluding tert-OH is 2. The summed E-state index contributed by atoms with van der Waals surface area (Å²) in [5.74, 6) is 0.348. The molecule has 0 aliphatic heterocycles. The minimum atomic E-state index is -0.331. The van der Waals surface area contributed by atoms with Crippen molar-refractivity contribution in [3.63, 3.8) is 0 Å². The lowest BCUT2D eigenvalue weighted by Gasteiger charge is -2.38. The fraction of sp³-hybridized carbons (Fsp3) is 0.463. The molecule has 0 spiro atoms. The monoisotopic (exact) mass is 582 g/mol. The van der Waals surface area contributed by atoms with E-state index in [9.17, 15) is 10.2 Å². The maximum Gasteiger partial charge on any atom is 0.0729 e. The van der Waals surface area contributed by atoms with Crippen LogP contribution >= 0.6 is 0 Å². The molecule has 2 heteroatoms. The largest absolute Gasteiger partial charge is 0.393 e. The van der Waals surface area contributed by atoms with Gasteiger partial charge >= 0.3 is 0 Å². The van der Waals surface area contributed by atoms with E-state index in [1.54, 1.807) is 0 Å².